The van der Waals surface area contributed by atoms with Gasteiger partial charge in [0.1, 0.15) is 5.75 Å². The van der Waals surface area contributed by atoms with Crippen LogP contribution in [0.25, 0.3) is 0 Å². The van der Waals surface area contributed by atoms with Crippen LogP contribution in [0.2, 0.25) is 10.0 Å². The molecule has 2 aromatic rings. The number of ether oxygens (including phenoxy) is 1. The number of carboxylic acids is 1. The van der Waals surface area contributed by atoms with E-state index in [9.17, 15) is 4.79 Å². The van der Waals surface area contributed by atoms with Gasteiger partial charge in [-0.05, 0) is 30.7 Å². The SMILES string of the molecule is CCc1cc(C(=O)O)cc(Oc2ccc(Cl)cc2Cl)n1. The first kappa shape index (κ1) is 14.6. The Morgan fingerprint density at radius 3 is 2.65 bits per heavy atom. The topological polar surface area (TPSA) is 59.4 Å². The van der Waals surface area contributed by atoms with Gasteiger partial charge < -0.3 is 9.84 Å². The lowest BCUT2D eigenvalue weighted by Gasteiger charge is -2.09. The average molecular weight is 312 g/mol. The van der Waals surface area contributed by atoms with Gasteiger partial charge in [-0.1, -0.05) is 30.1 Å². The highest BCUT2D eigenvalue weighted by atomic mass is 35.5. The number of carbonyl (C=O) groups is 1. The van der Waals surface area contributed by atoms with Gasteiger partial charge in [-0.15, -0.1) is 0 Å². The fraction of sp³-hybridized carbons (Fsp3) is 0.143. The number of hydrogen-bond acceptors (Lipinski definition) is 3. The predicted molar refractivity (Wildman–Crippen MR) is 77.1 cm³/mol. The summed E-state index contributed by atoms with van der Waals surface area (Å²) < 4.78 is 5.53. The van der Waals surface area contributed by atoms with Crippen LogP contribution in [-0.4, -0.2) is 16.1 Å². The summed E-state index contributed by atoms with van der Waals surface area (Å²) >= 11 is 11.8. The summed E-state index contributed by atoms with van der Waals surface area (Å²) in [5.74, 6) is -0.478. The predicted octanol–water partition coefficient (Wildman–Crippen LogP) is 4.44. The van der Waals surface area contributed by atoms with Crippen LogP contribution in [0.1, 0.15) is 23.0 Å². The molecule has 0 aliphatic heterocycles. The molecule has 0 bridgehead atoms. The lowest BCUT2D eigenvalue weighted by molar-refractivity contribution is 0.0696. The van der Waals surface area contributed by atoms with E-state index in [1.165, 1.54) is 12.1 Å². The minimum absolute atomic E-state index is 0.122. The number of carboxylic acid groups (broad SMARTS) is 1. The maximum absolute atomic E-state index is 11.1. The van der Waals surface area contributed by atoms with Crippen molar-refractivity contribution < 1.29 is 14.6 Å². The van der Waals surface area contributed by atoms with Crippen molar-refractivity contribution in [1.82, 2.24) is 4.98 Å². The van der Waals surface area contributed by atoms with Gasteiger partial charge in [0, 0.05) is 16.8 Å². The molecular weight excluding hydrogens is 301 g/mol. The van der Waals surface area contributed by atoms with E-state index < -0.39 is 5.97 Å². The van der Waals surface area contributed by atoms with Gasteiger partial charge in [0.05, 0.1) is 10.6 Å². The Labute approximate surface area is 125 Å². The van der Waals surface area contributed by atoms with Crippen LogP contribution >= 0.6 is 23.2 Å². The van der Waals surface area contributed by atoms with Crippen molar-refractivity contribution in [2.75, 3.05) is 0 Å². The molecule has 1 aromatic carbocycles. The summed E-state index contributed by atoms with van der Waals surface area (Å²) in [5, 5.41) is 9.88. The van der Waals surface area contributed by atoms with Crippen LogP contribution in [0.5, 0.6) is 11.6 Å². The molecule has 0 spiro atoms. The summed E-state index contributed by atoms with van der Waals surface area (Å²) in [4.78, 5) is 15.3. The quantitative estimate of drug-likeness (QED) is 0.906. The zero-order chi connectivity index (χ0) is 14.7. The van der Waals surface area contributed by atoms with Crippen molar-refractivity contribution in [2.45, 2.75) is 13.3 Å². The zero-order valence-electron chi connectivity index (χ0n) is 10.6. The van der Waals surface area contributed by atoms with Gasteiger partial charge in [0.2, 0.25) is 5.88 Å². The van der Waals surface area contributed by atoms with Gasteiger partial charge in [-0.25, -0.2) is 9.78 Å². The molecule has 0 aliphatic rings. The number of rotatable bonds is 4. The fourth-order valence-electron chi connectivity index (χ4n) is 1.59. The lowest BCUT2D eigenvalue weighted by Crippen LogP contribution is -2.01. The summed E-state index contributed by atoms with van der Waals surface area (Å²) in [6, 6.07) is 7.64. The molecule has 1 aromatic heterocycles. The van der Waals surface area contributed by atoms with Crippen LogP contribution < -0.4 is 4.74 Å². The highest BCUT2D eigenvalue weighted by Crippen LogP contribution is 2.31. The molecule has 0 unspecified atom stereocenters. The van der Waals surface area contributed by atoms with Crippen molar-refractivity contribution in [3.8, 4) is 11.6 Å². The smallest absolute Gasteiger partial charge is 0.335 e. The molecule has 0 saturated carbocycles. The second kappa shape index (κ2) is 6.11. The Morgan fingerprint density at radius 2 is 2.05 bits per heavy atom. The van der Waals surface area contributed by atoms with E-state index in [-0.39, 0.29) is 11.4 Å². The molecule has 0 saturated heterocycles. The third-order valence-electron chi connectivity index (χ3n) is 2.57. The van der Waals surface area contributed by atoms with Crippen LogP contribution in [0.4, 0.5) is 0 Å². The second-order valence-electron chi connectivity index (χ2n) is 4.02. The number of nitrogens with zero attached hydrogens (tertiary/aromatic N) is 1. The Balaban J connectivity index is 2.37. The average Bonchev–Trinajstić information content (AvgIpc) is 2.41. The lowest BCUT2D eigenvalue weighted by atomic mass is 10.2. The molecule has 0 radical (unpaired) electrons. The Hall–Kier alpha value is -1.78. The number of pyridine rings is 1. The summed E-state index contributed by atoms with van der Waals surface area (Å²) in [6.45, 7) is 1.88. The molecule has 1 N–H and O–H groups in total. The number of aryl methyl sites for hydroxylation is 1. The van der Waals surface area contributed by atoms with Gasteiger partial charge in [-0.3, -0.25) is 0 Å². The molecule has 20 heavy (non-hydrogen) atoms. The summed E-state index contributed by atoms with van der Waals surface area (Å²) in [6.07, 6.45) is 0.603. The largest absolute Gasteiger partial charge is 0.478 e. The van der Waals surface area contributed by atoms with Crippen molar-refractivity contribution in [1.29, 1.82) is 0 Å². The standard InChI is InChI=1S/C14H11Cl2NO3/c1-2-10-5-8(14(18)19)6-13(17-10)20-12-4-3-9(15)7-11(12)16/h3-7H,2H2,1H3,(H,18,19). The van der Waals surface area contributed by atoms with Gasteiger partial charge in [0.25, 0.3) is 0 Å². The van der Waals surface area contributed by atoms with Crippen LogP contribution in [-0.2, 0) is 6.42 Å². The monoisotopic (exact) mass is 311 g/mol. The molecule has 2 rings (SSSR count). The number of hydrogen-bond donors (Lipinski definition) is 1. The van der Waals surface area contributed by atoms with E-state index in [0.717, 1.165) is 0 Å². The van der Waals surface area contributed by atoms with Crippen molar-refractivity contribution >= 4 is 29.2 Å². The van der Waals surface area contributed by atoms with E-state index in [1.54, 1.807) is 18.2 Å². The molecule has 0 amide bonds. The van der Waals surface area contributed by atoms with Crippen molar-refractivity contribution in [2.24, 2.45) is 0 Å². The highest BCUT2D eigenvalue weighted by Gasteiger charge is 2.11. The second-order valence-corrected chi connectivity index (χ2v) is 4.86. The molecule has 6 heteroatoms. The van der Waals surface area contributed by atoms with E-state index in [1.807, 2.05) is 6.92 Å². The summed E-state index contributed by atoms with van der Waals surface area (Å²) in [5.41, 5.74) is 0.752. The molecule has 1 heterocycles. The van der Waals surface area contributed by atoms with E-state index in [0.29, 0.717) is 27.9 Å². The third-order valence-corrected chi connectivity index (χ3v) is 3.10. The maximum atomic E-state index is 11.1. The first-order valence-corrected chi connectivity index (χ1v) is 6.62. The molecular formula is C14H11Cl2NO3. The minimum atomic E-state index is -1.03. The number of aromatic carboxylic acids is 1. The fourth-order valence-corrected chi connectivity index (χ4v) is 2.03. The third kappa shape index (κ3) is 3.40. The van der Waals surface area contributed by atoms with E-state index in [4.69, 9.17) is 33.0 Å². The van der Waals surface area contributed by atoms with E-state index >= 15 is 0 Å². The number of halogens is 2. The van der Waals surface area contributed by atoms with Gasteiger partial charge >= 0.3 is 5.97 Å². The number of benzene rings is 1. The van der Waals surface area contributed by atoms with Crippen molar-refractivity contribution in [3.63, 3.8) is 0 Å². The molecule has 104 valence electrons. The van der Waals surface area contributed by atoms with E-state index in [2.05, 4.69) is 4.98 Å². The Morgan fingerprint density at radius 1 is 1.30 bits per heavy atom. The Kier molecular flexibility index (Phi) is 4.47. The molecule has 0 atom stereocenters. The first-order valence-electron chi connectivity index (χ1n) is 5.86. The highest BCUT2D eigenvalue weighted by molar-refractivity contribution is 6.35. The van der Waals surface area contributed by atoms with Gasteiger partial charge in [0.15, 0.2) is 0 Å². The first-order chi connectivity index (χ1) is 9.49. The van der Waals surface area contributed by atoms with Crippen LogP contribution in [0.15, 0.2) is 30.3 Å². The molecule has 0 fully saturated rings. The Bertz CT molecular complexity index is 659. The molecule has 4 nitrogen and oxygen atoms in total. The molecule has 0 aliphatic carbocycles. The maximum Gasteiger partial charge on any atom is 0.335 e. The van der Waals surface area contributed by atoms with Crippen molar-refractivity contribution in [3.05, 3.63) is 51.6 Å². The normalized spacial score (nSPS) is 10.3. The minimum Gasteiger partial charge on any atom is -0.478 e. The van der Waals surface area contributed by atoms with Crippen LogP contribution in [0.3, 0.4) is 0 Å². The number of aromatic nitrogens is 1. The van der Waals surface area contributed by atoms with Gasteiger partial charge in [-0.2, -0.15) is 0 Å². The summed E-state index contributed by atoms with van der Waals surface area (Å²) in [7, 11) is 0. The zero-order valence-corrected chi connectivity index (χ0v) is 12.1. The van der Waals surface area contributed by atoms with Crippen LogP contribution in [0, 0.1) is 0 Å².